The lowest BCUT2D eigenvalue weighted by molar-refractivity contribution is 0.0951. The van der Waals surface area contributed by atoms with E-state index < -0.39 is 0 Å². The number of nitrogens with one attached hydrogen (secondary N) is 1. The van der Waals surface area contributed by atoms with E-state index in [1.54, 1.807) is 29.5 Å². The fourth-order valence-electron chi connectivity index (χ4n) is 3.44. The number of fused-ring (bicyclic) bond motifs is 3. The van der Waals surface area contributed by atoms with E-state index in [9.17, 15) is 9.18 Å². The Kier molecular flexibility index (Phi) is 4.56. The number of amides is 1. The second-order valence-corrected chi connectivity index (χ2v) is 8.25. The molecular formula is C24H18FN3OS. The van der Waals surface area contributed by atoms with Gasteiger partial charge in [0.2, 0.25) is 0 Å². The standard InChI is InChI=1S/C24H18FN3OS/c1-15-5-7-17(8-6-15)20-14-28-21-10-9-18(12-22(21)30-24(28)27-20)23(29)26-13-16-3-2-4-19(25)11-16/h2-12,14H,13H2,1H3,(H,26,29). The topological polar surface area (TPSA) is 46.4 Å². The number of carbonyl (C=O) groups is 1. The Balaban J connectivity index is 1.40. The Bertz CT molecular complexity index is 1390. The van der Waals surface area contributed by atoms with E-state index >= 15 is 0 Å². The van der Waals surface area contributed by atoms with Gasteiger partial charge in [-0.05, 0) is 42.8 Å². The van der Waals surface area contributed by atoms with Crippen molar-refractivity contribution in [2.75, 3.05) is 0 Å². The van der Waals surface area contributed by atoms with Gasteiger partial charge in [0.25, 0.3) is 5.91 Å². The minimum atomic E-state index is -0.310. The monoisotopic (exact) mass is 415 g/mol. The molecule has 1 N–H and O–H groups in total. The van der Waals surface area contributed by atoms with Gasteiger partial charge in [0.1, 0.15) is 5.82 Å². The number of benzene rings is 3. The third kappa shape index (κ3) is 3.46. The quantitative estimate of drug-likeness (QED) is 0.416. The fourth-order valence-corrected chi connectivity index (χ4v) is 4.48. The summed E-state index contributed by atoms with van der Waals surface area (Å²) in [6, 6.07) is 20.2. The van der Waals surface area contributed by atoms with Crippen molar-refractivity contribution in [1.82, 2.24) is 14.7 Å². The zero-order valence-electron chi connectivity index (χ0n) is 16.2. The van der Waals surface area contributed by atoms with Gasteiger partial charge < -0.3 is 5.32 Å². The predicted octanol–water partition coefficient (Wildman–Crippen LogP) is 5.59. The van der Waals surface area contributed by atoms with Crippen molar-refractivity contribution in [3.63, 3.8) is 0 Å². The maximum atomic E-state index is 13.3. The number of hydrogen-bond donors (Lipinski definition) is 1. The number of halogens is 1. The van der Waals surface area contributed by atoms with E-state index in [0.717, 1.165) is 32.0 Å². The Morgan fingerprint density at radius 2 is 1.93 bits per heavy atom. The summed E-state index contributed by atoms with van der Waals surface area (Å²) < 4.78 is 16.3. The first-order valence-corrected chi connectivity index (χ1v) is 10.4. The lowest BCUT2D eigenvalue weighted by Gasteiger charge is -2.06. The molecule has 0 fully saturated rings. The second-order valence-electron chi connectivity index (χ2n) is 7.24. The number of imidazole rings is 1. The predicted molar refractivity (Wildman–Crippen MR) is 118 cm³/mol. The summed E-state index contributed by atoms with van der Waals surface area (Å²) in [5, 5.41) is 2.85. The molecule has 5 aromatic rings. The zero-order chi connectivity index (χ0) is 20.7. The van der Waals surface area contributed by atoms with Crippen LogP contribution in [0.5, 0.6) is 0 Å². The molecule has 1 amide bonds. The van der Waals surface area contributed by atoms with Crippen LogP contribution in [0.3, 0.4) is 0 Å². The molecule has 2 aromatic heterocycles. The molecule has 0 atom stereocenters. The number of carbonyl (C=O) groups excluding carboxylic acids is 1. The number of aromatic nitrogens is 2. The number of thiazole rings is 1. The summed E-state index contributed by atoms with van der Waals surface area (Å²) in [6.45, 7) is 2.34. The van der Waals surface area contributed by atoms with Crippen LogP contribution < -0.4 is 5.32 Å². The van der Waals surface area contributed by atoms with Gasteiger partial charge >= 0.3 is 0 Å². The van der Waals surface area contributed by atoms with Crippen LogP contribution in [-0.2, 0) is 6.54 Å². The van der Waals surface area contributed by atoms with E-state index in [2.05, 4.69) is 40.9 Å². The highest BCUT2D eigenvalue weighted by molar-refractivity contribution is 7.23. The molecule has 2 heterocycles. The number of hydrogen-bond acceptors (Lipinski definition) is 3. The summed E-state index contributed by atoms with van der Waals surface area (Å²) in [4.78, 5) is 18.2. The van der Waals surface area contributed by atoms with E-state index in [1.165, 1.54) is 17.7 Å². The first kappa shape index (κ1) is 18.5. The summed E-state index contributed by atoms with van der Waals surface area (Å²) in [5.41, 5.74) is 5.54. The van der Waals surface area contributed by atoms with Gasteiger partial charge in [0.15, 0.2) is 4.96 Å². The fraction of sp³-hybridized carbons (Fsp3) is 0.0833. The van der Waals surface area contributed by atoms with Gasteiger partial charge in [0, 0.05) is 23.9 Å². The van der Waals surface area contributed by atoms with Crippen molar-refractivity contribution in [3.05, 3.63) is 95.4 Å². The Hall–Kier alpha value is -3.51. The second kappa shape index (κ2) is 7.39. The van der Waals surface area contributed by atoms with Gasteiger partial charge in [-0.2, -0.15) is 0 Å². The number of rotatable bonds is 4. The summed E-state index contributed by atoms with van der Waals surface area (Å²) >= 11 is 1.55. The molecule has 0 radical (unpaired) electrons. The highest BCUT2D eigenvalue weighted by Gasteiger charge is 2.13. The van der Waals surface area contributed by atoms with Crippen molar-refractivity contribution < 1.29 is 9.18 Å². The normalized spacial score (nSPS) is 11.3. The SMILES string of the molecule is Cc1ccc(-c2cn3c(n2)sc2cc(C(=O)NCc4cccc(F)c4)ccc23)cc1. The van der Waals surface area contributed by atoms with Crippen LogP contribution in [0, 0.1) is 12.7 Å². The Morgan fingerprint density at radius 1 is 1.10 bits per heavy atom. The van der Waals surface area contributed by atoms with Crippen LogP contribution in [0.15, 0.2) is 72.9 Å². The van der Waals surface area contributed by atoms with Crippen LogP contribution in [0.1, 0.15) is 21.5 Å². The van der Waals surface area contributed by atoms with E-state index in [0.29, 0.717) is 5.56 Å². The van der Waals surface area contributed by atoms with Crippen LogP contribution in [0.25, 0.3) is 26.4 Å². The minimum absolute atomic E-state index is 0.187. The van der Waals surface area contributed by atoms with Crippen LogP contribution in [0.2, 0.25) is 0 Å². The lowest BCUT2D eigenvalue weighted by atomic mass is 10.1. The Labute approximate surface area is 176 Å². The third-order valence-electron chi connectivity index (χ3n) is 5.05. The van der Waals surface area contributed by atoms with Crippen LogP contribution in [-0.4, -0.2) is 15.3 Å². The molecule has 148 valence electrons. The smallest absolute Gasteiger partial charge is 0.251 e. The van der Waals surface area contributed by atoms with Gasteiger partial charge in [-0.15, -0.1) is 0 Å². The average molecular weight is 415 g/mol. The molecule has 30 heavy (non-hydrogen) atoms. The first-order chi connectivity index (χ1) is 14.6. The Morgan fingerprint density at radius 3 is 2.73 bits per heavy atom. The number of aryl methyl sites for hydroxylation is 1. The van der Waals surface area contributed by atoms with Crippen molar-refractivity contribution in [1.29, 1.82) is 0 Å². The summed E-state index contributed by atoms with van der Waals surface area (Å²) in [7, 11) is 0. The molecule has 0 saturated heterocycles. The van der Waals surface area contributed by atoms with Crippen molar-refractivity contribution in [3.8, 4) is 11.3 Å². The summed E-state index contributed by atoms with van der Waals surface area (Å²) in [5.74, 6) is -0.498. The average Bonchev–Trinajstić information content (AvgIpc) is 3.30. The molecule has 6 heteroatoms. The van der Waals surface area contributed by atoms with Crippen LogP contribution in [0.4, 0.5) is 4.39 Å². The third-order valence-corrected chi connectivity index (χ3v) is 6.06. The summed E-state index contributed by atoms with van der Waals surface area (Å²) in [6.07, 6.45) is 2.03. The van der Waals surface area contributed by atoms with Crippen molar-refractivity contribution >= 4 is 32.4 Å². The molecule has 0 spiro atoms. The lowest BCUT2D eigenvalue weighted by Crippen LogP contribution is -2.22. The molecule has 4 nitrogen and oxygen atoms in total. The zero-order valence-corrected chi connectivity index (χ0v) is 17.0. The molecular weight excluding hydrogens is 397 g/mol. The van der Waals surface area contributed by atoms with Gasteiger partial charge in [-0.25, -0.2) is 9.37 Å². The molecule has 0 aliphatic carbocycles. The molecule has 0 aliphatic heterocycles. The van der Waals surface area contributed by atoms with Crippen molar-refractivity contribution in [2.24, 2.45) is 0 Å². The van der Waals surface area contributed by atoms with Gasteiger partial charge in [-0.1, -0.05) is 53.3 Å². The maximum Gasteiger partial charge on any atom is 0.251 e. The largest absolute Gasteiger partial charge is 0.348 e. The van der Waals surface area contributed by atoms with E-state index in [-0.39, 0.29) is 18.3 Å². The highest BCUT2D eigenvalue weighted by atomic mass is 32.1. The molecule has 0 aliphatic rings. The van der Waals surface area contributed by atoms with Gasteiger partial charge in [-0.3, -0.25) is 9.20 Å². The van der Waals surface area contributed by atoms with Crippen LogP contribution >= 0.6 is 11.3 Å². The van der Waals surface area contributed by atoms with E-state index in [4.69, 9.17) is 4.98 Å². The highest BCUT2D eigenvalue weighted by Crippen LogP contribution is 2.30. The maximum absolute atomic E-state index is 13.3. The minimum Gasteiger partial charge on any atom is -0.348 e. The first-order valence-electron chi connectivity index (χ1n) is 9.58. The van der Waals surface area contributed by atoms with Gasteiger partial charge in [0.05, 0.1) is 15.9 Å². The molecule has 0 saturated carbocycles. The van der Waals surface area contributed by atoms with E-state index in [1.807, 2.05) is 18.3 Å². The molecule has 3 aromatic carbocycles. The molecule has 0 bridgehead atoms. The molecule has 0 unspecified atom stereocenters. The van der Waals surface area contributed by atoms with Crippen molar-refractivity contribution in [2.45, 2.75) is 13.5 Å². The molecule has 5 rings (SSSR count). The number of nitrogens with zero attached hydrogens (tertiary/aromatic N) is 2.